The van der Waals surface area contributed by atoms with Gasteiger partial charge in [0, 0.05) is 37.3 Å². The summed E-state index contributed by atoms with van der Waals surface area (Å²) in [6.45, 7) is 5.37. The molecule has 6 nitrogen and oxygen atoms in total. The molecule has 0 radical (unpaired) electrons. The zero-order valence-corrected chi connectivity index (χ0v) is 15.6. The number of furan rings is 1. The molecule has 3 aliphatic rings. The molecule has 0 aromatic carbocycles. The van der Waals surface area contributed by atoms with Crippen molar-refractivity contribution in [3.63, 3.8) is 0 Å². The molecule has 3 fully saturated rings. The normalized spacial score (nSPS) is 25.3. The molecule has 6 heteroatoms. The number of carbonyl (C=O) groups is 2. The highest BCUT2D eigenvalue weighted by Crippen LogP contribution is 2.26. The highest BCUT2D eigenvalue weighted by molar-refractivity contribution is 5.92. The molecule has 1 aromatic heterocycles. The van der Waals surface area contributed by atoms with Crippen LogP contribution in [0.5, 0.6) is 0 Å². The van der Waals surface area contributed by atoms with Crippen LogP contribution in [0.2, 0.25) is 0 Å². The Hall–Kier alpha value is -1.82. The van der Waals surface area contributed by atoms with Crippen LogP contribution in [0.4, 0.5) is 0 Å². The average Bonchev–Trinajstić information content (AvgIpc) is 3.39. The van der Waals surface area contributed by atoms with Crippen molar-refractivity contribution in [3.05, 3.63) is 23.7 Å². The molecule has 1 atom stereocenters. The second-order valence-corrected chi connectivity index (χ2v) is 8.07. The lowest BCUT2D eigenvalue weighted by molar-refractivity contribution is -0.127. The number of nitrogens with zero attached hydrogens (tertiary/aromatic N) is 2. The molecule has 1 saturated carbocycles. The fraction of sp³-hybridized carbons (Fsp3) is 0.700. The maximum absolute atomic E-state index is 12.6. The van der Waals surface area contributed by atoms with E-state index in [-0.39, 0.29) is 17.7 Å². The van der Waals surface area contributed by atoms with E-state index >= 15 is 0 Å². The van der Waals surface area contributed by atoms with Crippen molar-refractivity contribution in [2.24, 2.45) is 5.92 Å². The molecule has 1 N–H and O–H groups in total. The number of rotatable bonds is 4. The van der Waals surface area contributed by atoms with E-state index in [9.17, 15) is 9.59 Å². The van der Waals surface area contributed by atoms with Gasteiger partial charge in [0.2, 0.25) is 5.91 Å². The van der Waals surface area contributed by atoms with E-state index in [1.54, 1.807) is 6.26 Å². The molecule has 3 heterocycles. The Balaban J connectivity index is 1.29. The van der Waals surface area contributed by atoms with E-state index in [0.29, 0.717) is 17.8 Å². The molecule has 26 heavy (non-hydrogen) atoms. The quantitative estimate of drug-likeness (QED) is 0.895. The standard InChI is InChI=1S/C20H29N3O3/c1-14-8-12-26-18(14)20(25)22-10-6-17(7-11-22)23-9-2-3-15(13-23)19(24)21-16-4-5-16/h8,12,15-17H,2-7,9-11,13H2,1H3,(H,21,24)/t15-/m1/s1. The highest BCUT2D eigenvalue weighted by Gasteiger charge is 2.34. The number of carbonyl (C=O) groups excluding carboxylic acids is 2. The first kappa shape index (κ1) is 17.6. The molecule has 1 aliphatic carbocycles. The molecular formula is C20H29N3O3. The van der Waals surface area contributed by atoms with Gasteiger partial charge in [-0.25, -0.2) is 0 Å². The van der Waals surface area contributed by atoms with Gasteiger partial charge in [0.05, 0.1) is 12.2 Å². The maximum Gasteiger partial charge on any atom is 0.289 e. The summed E-state index contributed by atoms with van der Waals surface area (Å²) in [6.07, 6.45) is 7.91. The van der Waals surface area contributed by atoms with Gasteiger partial charge in [-0.05, 0) is 58.1 Å². The fourth-order valence-electron chi connectivity index (χ4n) is 4.27. The molecule has 0 spiro atoms. The number of aryl methyl sites for hydroxylation is 1. The summed E-state index contributed by atoms with van der Waals surface area (Å²) in [5.41, 5.74) is 0.901. The van der Waals surface area contributed by atoms with Gasteiger partial charge in [-0.15, -0.1) is 0 Å². The third kappa shape index (κ3) is 3.80. The monoisotopic (exact) mass is 359 g/mol. The van der Waals surface area contributed by atoms with Crippen LogP contribution in [0.15, 0.2) is 16.7 Å². The Bertz CT molecular complexity index is 659. The number of hydrogen-bond donors (Lipinski definition) is 1. The molecular weight excluding hydrogens is 330 g/mol. The number of hydrogen-bond acceptors (Lipinski definition) is 4. The van der Waals surface area contributed by atoms with Gasteiger partial charge >= 0.3 is 0 Å². The van der Waals surface area contributed by atoms with Gasteiger partial charge in [0.1, 0.15) is 0 Å². The van der Waals surface area contributed by atoms with E-state index < -0.39 is 0 Å². The largest absolute Gasteiger partial charge is 0.459 e. The first-order valence-electron chi connectivity index (χ1n) is 9.99. The van der Waals surface area contributed by atoms with E-state index in [0.717, 1.165) is 70.3 Å². The zero-order chi connectivity index (χ0) is 18.1. The maximum atomic E-state index is 12.6. The van der Waals surface area contributed by atoms with Crippen molar-refractivity contribution in [1.82, 2.24) is 15.1 Å². The summed E-state index contributed by atoms with van der Waals surface area (Å²) in [6, 6.07) is 2.76. The van der Waals surface area contributed by atoms with Crippen LogP contribution in [0, 0.1) is 12.8 Å². The van der Waals surface area contributed by atoms with Crippen molar-refractivity contribution in [2.45, 2.75) is 57.5 Å². The first-order chi connectivity index (χ1) is 12.6. The number of nitrogens with one attached hydrogen (secondary N) is 1. The van der Waals surface area contributed by atoms with E-state index in [4.69, 9.17) is 4.42 Å². The van der Waals surface area contributed by atoms with Crippen LogP contribution >= 0.6 is 0 Å². The molecule has 2 aliphatic heterocycles. The van der Waals surface area contributed by atoms with Gasteiger partial charge in [0.15, 0.2) is 5.76 Å². The van der Waals surface area contributed by atoms with Gasteiger partial charge in [-0.3, -0.25) is 14.5 Å². The second-order valence-electron chi connectivity index (χ2n) is 8.07. The minimum atomic E-state index is 0.00582. The Labute approximate surface area is 154 Å². The molecule has 2 amide bonds. The van der Waals surface area contributed by atoms with Crippen molar-refractivity contribution >= 4 is 11.8 Å². The fourth-order valence-corrected chi connectivity index (χ4v) is 4.27. The van der Waals surface area contributed by atoms with Crippen LogP contribution < -0.4 is 5.32 Å². The third-order valence-electron chi connectivity index (χ3n) is 6.07. The summed E-state index contributed by atoms with van der Waals surface area (Å²) in [4.78, 5) is 29.4. The summed E-state index contributed by atoms with van der Waals surface area (Å²) >= 11 is 0. The van der Waals surface area contributed by atoms with E-state index in [2.05, 4.69) is 10.2 Å². The first-order valence-corrected chi connectivity index (χ1v) is 9.99. The molecule has 2 saturated heterocycles. The van der Waals surface area contributed by atoms with Gasteiger partial charge < -0.3 is 14.6 Å². The SMILES string of the molecule is Cc1ccoc1C(=O)N1CCC(N2CCC[C@@H](C(=O)NC3CC3)C2)CC1. The van der Waals surface area contributed by atoms with Crippen LogP contribution in [0.1, 0.15) is 54.6 Å². The summed E-state index contributed by atoms with van der Waals surface area (Å²) in [5.74, 6) is 0.859. The second kappa shape index (κ2) is 7.43. The van der Waals surface area contributed by atoms with Crippen molar-refractivity contribution in [2.75, 3.05) is 26.2 Å². The lowest BCUT2D eigenvalue weighted by atomic mass is 9.93. The molecule has 0 bridgehead atoms. The van der Waals surface area contributed by atoms with Crippen molar-refractivity contribution < 1.29 is 14.0 Å². The van der Waals surface area contributed by atoms with Crippen LogP contribution in [0.3, 0.4) is 0 Å². The Morgan fingerprint density at radius 3 is 2.54 bits per heavy atom. The average molecular weight is 359 g/mol. The predicted molar refractivity (Wildman–Crippen MR) is 97.8 cm³/mol. The van der Waals surface area contributed by atoms with Gasteiger partial charge in [0.25, 0.3) is 5.91 Å². The lowest BCUT2D eigenvalue weighted by Crippen LogP contribution is -2.51. The topological polar surface area (TPSA) is 65.8 Å². The third-order valence-corrected chi connectivity index (χ3v) is 6.07. The van der Waals surface area contributed by atoms with E-state index in [1.165, 1.54) is 0 Å². The molecule has 4 rings (SSSR count). The molecule has 0 unspecified atom stereocenters. The Morgan fingerprint density at radius 2 is 1.88 bits per heavy atom. The van der Waals surface area contributed by atoms with Crippen molar-refractivity contribution in [1.29, 1.82) is 0 Å². The van der Waals surface area contributed by atoms with Crippen molar-refractivity contribution in [3.8, 4) is 0 Å². The number of amides is 2. The van der Waals surface area contributed by atoms with Gasteiger partial charge in [-0.2, -0.15) is 0 Å². The Kier molecular flexibility index (Phi) is 5.02. The summed E-state index contributed by atoms with van der Waals surface area (Å²) in [7, 11) is 0. The van der Waals surface area contributed by atoms with Crippen LogP contribution in [-0.4, -0.2) is 59.9 Å². The summed E-state index contributed by atoms with van der Waals surface area (Å²) in [5, 5.41) is 3.16. The van der Waals surface area contributed by atoms with Crippen LogP contribution in [-0.2, 0) is 4.79 Å². The predicted octanol–water partition coefficient (Wildman–Crippen LogP) is 2.18. The lowest BCUT2D eigenvalue weighted by Gasteiger charge is -2.41. The minimum Gasteiger partial charge on any atom is -0.459 e. The molecule has 142 valence electrons. The highest BCUT2D eigenvalue weighted by atomic mass is 16.3. The van der Waals surface area contributed by atoms with E-state index in [1.807, 2.05) is 17.9 Å². The smallest absolute Gasteiger partial charge is 0.289 e. The number of piperidine rings is 2. The Morgan fingerprint density at radius 1 is 1.12 bits per heavy atom. The zero-order valence-electron chi connectivity index (χ0n) is 15.6. The number of likely N-dealkylation sites (tertiary alicyclic amines) is 2. The van der Waals surface area contributed by atoms with Gasteiger partial charge in [-0.1, -0.05) is 0 Å². The minimum absolute atomic E-state index is 0.00582. The molecule has 1 aromatic rings. The van der Waals surface area contributed by atoms with Crippen LogP contribution in [0.25, 0.3) is 0 Å². The summed E-state index contributed by atoms with van der Waals surface area (Å²) < 4.78 is 5.35.